The number of rotatable bonds is 5. The van der Waals surface area contributed by atoms with Crippen molar-refractivity contribution >= 4 is 39.2 Å². The number of benzene rings is 1. The summed E-state index contributed by atoms with van der Waals surface area (Å²) in [6.07, 6.45) is 7.77. The fraction of sp³-hybridized carbons (Fsp3) is 0.250. The van der Waals surface area contributed by atoms with Crippen molar-refractivity contribution in [3.63, 3.8) is 0 Å². The lowest BCUT2D eigenvalue weighted by Crippen LogP contribution is -2.72. The Bertz CT molecular complexity index is 952. The predicted molar refractivity (Wildman–Crippen MR) is 109 cm³/mol. The van der Waals surface area contributed by atoms with Crippen LogP contribution >= 0.6 is 11.3 Å². The van der Waals surface area contributed by atoms with Crippen molar-refractivity contribution in [2.24, 2.45) is 0 Å². The Morgan fingerprint density at radius 2 is 2.08 bits per heavy atom. The number of allylic oxidation sites excluding steroid dienone is 1. The molecule has 1 fully saturated rings. The quantitative estimate of drug-likeness (QED) is 0.683. The van der Waals surface area contributed by atoms with E-state index >= 15 is 0 Å². The maximum absolute atomic E-state index is 7.60. The van der Waals surface area contributed by atoms with Gasteiger partial charge < -0.3 is 15.6 Å². The van der Waals surface area contributed by atoms with Gasteiger partial charge in [0, 0.05) is 31.1 Å². The summed E-state index contributed by atoms with van der Waals surface area (Å²) in [6, 6.07) is 10.4. The zero-order chi connectivity index (χ0) is 17.9. The maximum Gasteiger partial charge on any atom is 0.128 e. The topological polar surface area (TPSA) is 69.5 Å². The number of fused-ring (bicyclic) bond motifs is 1. The Balaban J connectivity index is 1.64. The standard InChI is InChI=1S/C20H21N5S/c1-22-12-16(11-21)14-4-6-18-17(10-14)24-20(26-18)15-5-7-19(23-13-15)25-8-2-3-9-25/h4-7,10-13,21-22H,2-3,8-9H2,1H3/p+1/b16-12+,21-11?. The van der Waals surface area contributed by atoms with Crippen molar-refractivity contribution in [3.05, 3.63) is 48.3 Å². The normalized spacial score (nSPS) is 15.0. The van der Waals surface area contributed by atoms with Gasteiger partial charge in [0.25, 0.3) is 0 Å². The summed E-state index contributed by atoms with van der Waals surface area (Å²) >= 11 is 1.68. The second-order valence-electron chi connectivity index (χ2n) is 6.40. The lowest BCUT2D eigenvalue weighted by atomic mass is 10.1. The number of nitrogens with zero attached hydrogens (tertiary/aromatic N) is 3. The smallest absolute Gasteiger partial charge is 0.128 e. The number of aromatic nitrogens is 2. The van der Waals surface area contributed by atoms with Gasteiger partial charge in [0.1, 0.15) is 17.0 Å². The monoisotopic (exact) mass is 364 g/mol. The molecule has 5 nitrogen and oxygen atoms in total. The second-order valence-corrected chi connectivity index (χ2v) is 7.43. The van der Waals surface area contributed by atoms with Crippen LogP contribution in [0, 0.1) is 5.41 Å². The van der Waals surface area contributed by atoms with Crippen LogP contribution < -0.4 is 10.2 Å². The first-order valence-corrected chi connectivity index (χ1v) is 9.72. The van der Waals surface area contributed by atoms with E-state index in [4.69, 9.17) is 10.4 Å². The third kappa shape index (κ3) is 3.25. The number of hydrogen-bond donors (Lipinski definition) is 2. The van der Waals surface area contributed by atoms with Crippen LogP contribution in [-0.2, 0) is 0 Å². The lowest BCUT2D eigenvalue weighted by Gasteiger charge is -2.15. The van der Waals surface area contributed by atoms with E-state index in [1.54, 1.807) is 11.3 Å². The van der Waals surface area contributed by atoms with E-state index in [1.807, 2.05) is 24.8 Å². The van der Waals surface area contributed by atoms with E-state index in [2.05, 4.69) is 40.2 Å². The Hall–Kier alpha value is -2.57. The van der Waals surface area contributed by atoms with E-state index in [-0.39, 0.29) is 0 Å². The summed E-state index contributed by atoms with van der Waals surface area (Å²) in [5.41, 5.74) is 3.93. The summed E-state index contributed by atoms with van der Waals surface area (Å²) in [6.45, 7) is 2.21. The number of thiazole rings is 1. The van der Waals surface area contributed by atoms with Crippen LogP contribution in [0.25, 0.3) is 26.4 Å². The van der Waals surface area contributed by atoms with Gasteiger partial charge in [-0.15, -0.1) is 11.3 Å². The summed E-state index contributed by atoms with van der Waals surface area (Å²) < 4.78 is 1.15. The predicted octanol–water partition coefficient (Wildman–Crippen LogP) is 3.14. The Kier molecular flexibility index (Phi) is 4.77. The van der Waals surface area contributed by atoms with Gasteiger partial charge in [0.15, 0.2) is 0 Å². The second kappa shape index (κ2) is 7.35. The highest BCUT2D eigenvalue weighted by Crippen LogP contribution is 2.32. The molecule has 26 heavy (non-hydrogen) atoms. The van der Waals surface area contributed by atoms with Gasteiger partial charge >= 0.3 is 0 Å². The Morgan fingerprint density at radius 1 is 1.23 bits per heavy atom. The molecule has 0 saturated carbocycles. The van der Waals surface area contributed by atoms with Crippen molar-refractivity contribution in [1.29, 1.82) is 5.41 Å². The molecule has 0 aliphatic carbocycles. The SMILES string of the molecule is C[NH2+]/C=C(\C=N)c1ccc2sc(-c3ccc(N4CCCC4)nc3)nc2c1. The zero-order valence-electron chi connectivity index (χ0n) is 14.8. The summed E-state index contributed by atoms with van der Waals surface area (Å²) in [7, 11) is 1.96. The average Bonchev–Trinajstić information content (AvgIpc) is 3.35. The molecular weight excluding hydrogens is 342 g/mol. The molecule has 0 atom stereocenters. The van der Waals surface area contributed by atoms with Crippen molar-refractivity contribution < 1.29 is 5.32 Å². The van der Waals surface area contributed by atoms with Crippen molar-refractivity contribution in [1.82, 2.24) is 9.97 Å². The molecular formula is C20H22N5S+. The van der Waals surface area contributed by atoms with Crippen LogP contribution in [0.4, 0.5) is 5.82 Å². The molecule has 1 aliphatic rings. The van der Waals surface area contributed by atoms with Gasteiger partial charge in [-0.2, -0.15) is 0 Å². The highest BCUT2D eigenvalue weighted by atomic mass is 32.1. The molecule has 0 spiro atoms. The summed E-state index contributed by atoms with van der Waals surface area (Å²) in [5, 5.41) is 10.5. The first-order valence-electron chi connectivity index (χ1n) is 8.91. The molecule has 0 amide bonds. The van der Waals surface area contributed by atoms with E-state index in [1.165, 1.54) is 19.1 Å². The van der Waals surface area contributed by atoms with E-state index in [0.29, 0.717) is 0 Å². The molecule has 0 unspecified atom stereocenters. The molecule has 1 aromatic carbocycles. The molecule has 3 aromatic rings. The number of nitrogens with two attached hydrogens (primary N) is 1. The van der Waals surface area contributed by atoms with Crippen molar-refractivity contribution in [3.8, 4) is 10.6 Å². The highest BCUT2D eigenvalue weighted by Gasteiger charge is 2.14. The molecule has 6 heteroatoms. The van der Waals surface area contributed by atoms with Crippen LogP contribution in [0.2, 0.25) is 0 Å². The number of pyridine rings is 1. The average molecular weight is 364 g/mol. The minimum Gasteiger partial charge on any atom is -0.357 e. The molecule has 4 rings (SSSR count). The number of anilines is 1. The zero-order valence-corrected chi connectivity index (χ0v) is 15.6. The molecule has 132 valence electrons. The molecule has 1 saturated heterocycles. The third-order valence-electron chi connectivity index (χ3n) is 4.65. The van der Waals surface area contributed by atoms with Gasteiger partial charge in [-0.05, 0) is 42.7 Å². The van der Waals surface area contributed by atoms with Crippen LogP contribution in [-0.4, -0.2) is 36.3 Å². The molecule has 0 radical (unpaired) electrons. The lowest BCUT2D eigenvalue weighted by molar-refractivity contribution is -0.555. The Morgan fingerprint density at radius 3 is 2.77 bits per heavy atom. The van der Waals surface area contributed by atoms with Gasteiger partial charge in [-0.25, -0.2) is 9.97 Å². The summed E-state index contributed by atoms with van der Waals surface area (Å²) in [4.78, 5) is 11.8. The minimum atomic E-state index is 0.889. The van der Waals surface area contributed by atoms with E-state index in [0.717, 1.165) is 50.8 Å². The number of nitrogens with one attached hydrogen (secondary N) is 1. The van der Waals surface area contributed by atoms with Gasteiger partial charge in [0.05, 0.1) is 22.8 Å². The van der Waals surface area contributed by atoms with Crippen LogP contribution in [0.5, 0.6) is 0 Å². The van der Waals surface area contributed by atoms with Gasteiger partial charge in [0.2, 0.25) is 0 Å². The van der Waals surface area contributed by atoms with Crippen molar-refractivity contribution in [2.75, 3.05) is 25.0 Å². The molecule has 3 heterocycles. The first-order chi connectivity index (χ1) is 12.8. The van der Waals surface area contributed by atoms with Crippen LogP contribution in [0.3, 0.4) is 0 Å². The third-order valence-corrected chi connectivity index (χ3v) is 5.73. The molecule has 3 N–H and O–H groups in total. The van der Waals surface area contributed by atoms with Gasteiger partial charge in [-0.3, -0.25) is 0 Å². The largest absolute Gasteiger partial charge is 0.357 e. The Labute approximate surface area is 156 Å². The minimum absolute atomic E-state index is 0.889. The van der Waals surface area contributed by atoms with Crippen LogP contribution in [0.1, 0.15) is 18.4 Å². The highest BCUT2D eigenvalue weighted by molar-refractivity contribution is 7.21. The van der Waals surface area contributed by atoms with Crippen LogP contribution in [0.15, 0.2) is 42.7 Å². The molecule has 2 aromatic heterocycles. The fourth-order valence-electron chi connectivity index (χ4n) is 3.28. The fourth-order valence-corrected chi connectivity index (χ4v) is 4.22. The van der Waals surface area contributed by atoms with E-state index in [9.17, 15) is 0 Å². The van der Waals surface area contributed by atoms with E-state index < -0.39 is 0 Å². The van der Waals surface area contributed by atoms with Gasteiger partial charge in [-0.1, -0.05) is 6.07 Å². The maximum atomic E-state index is 7.60. The number of hydrogen-bond acceptors (Lipinski definition) is 5. The molecule has 1 aliphatic heterocycles. The summed E-state index contributed by atoms with van der Waals surface area (Å²) in [5.74, 6) is 1.06. The number of quaternary nitrogens is 1. The molecule has 0 bridgehead atoms. The first kappa shape index (κ1) is 16.9. The van der Waals surface area contributed by atoms with Crippen molar-refractivity contribution in [2.45, 2.75) is 12.8 Å².